The van der Waals surface area contributed by atoms with Crippen LogP contribution in [0.25, 0.3) is 6.08 Å². The van der Waals surface area contributed by atoms with Crippen LogP contribution >= 0.6 is 23.2 Å². The average molecular weight is 382 g/mol. The Kier molecular flexibility index (Phi) is 6.98. The van der Waals surface area contributed by atoms with Gasteiger partial charge in [-0.15, -0.1) is 0 Å². The maximum atomic E-state index is 12.8. The van der Waals surface area contributed by atoms with Crippen LogP contribution < -0.4 is 5.32 Å². The molecule has 1 amide bonds. The Hall–Kier alpha value is -2.37. The van der Waals surface area contributed by atoms with Gasteiger partial charge in [-0.1, -0.05) is 41.4 Å². The molecule has 25 heavy (non-hydrogen) atoms. The summed E-state index contributed by atoms with van der Waals surface area (Å²) in [6.07, 6.45) is 2.63. The second-order valence-corrected chi connectivity index (χ2v) is 5.85. The number of ether oxygens (including phenoxy) is 1. The van der Waals surface area contributed by atoms with Crippen molar-refractivity contribution in [1.82, 2.24) is 5.32 Å². The van der Waals surface area contributed by atoms with Crippen molar-refractivity contribution < 1.29 is 18.7 Å². The molecule has 0 aliphatic heterocycles. The van der Waals surface area contributed by atoms with Crippen LogP contribution in [0, 0.1) is 5.82 Å². The molecule has 0 bridgehead atoms. The van der Waals surface area contributed by atoms with Gasteiger partial charge in [0.15, 0.2) is 6.61 Å². The predicted octanol–water partition coefficient (Wildman–Crippen LogP) is 4.01. The minimum Gasteiger partial charge on any atom is -0.452 e. The van der Waals surface area contributed by atoms with Crippen molar-refractivity contribution in [2.24, 2.45) is 0 Å². The van der Waals surface area contributed by atoms with Crippen LogP contribution in [0.4, 0.5) is 4.39 Å². The molecule has 0 heterocycles. The van der Waals surface area contributed by atoms with Crippen molar-refractivity contribution in [3.05, 3.63) is 75.5 Å². The van der Waals surface area contributed by atoms with Gasteiger partial charge in [0, 0.05) is 22.7 Å². The van der Waals surface area contributed by atoms with E-state index in [1.165, 1.54) is 30.3 Å². The molecule has 0 spiro atoms. The Labute approximate surface area is 154 Å². The van der Waals surface area contributed by atoms with Crippen LogP contribution in [0.1, 0.15) is 11.1 Å². The highest BCUT2D eigenvalue weighted by molar-refractivity contribution is 6.35. The molecule has 0 radical (unpaired) electrons. The third-order valence-electron chi connectivity index (χ3n) is 3.12. The molecule has 0 unspecified atom stereocenters. The maximum Gasteiger partial charge on any atom is 0.331 e. The highest BCUT2D eigenvalue weighted by atomic mass is 35.5. The number of benzene rings is 2. The van der Waals surface area contributed by atoms with Gasteiger partial charge in [-0.25, -0.2) is 9.18 Å². The van der Waals surface area contributed by atoms with Crippen molar-refractivity contribution in [3.8, 4) is 0 Å². The predicted molar refractivity (Wildman–Crippen MR) is 94.7 cm³/mol. The minimum absolute atomic E-state index is 0.192. The first-order chi connectivity index (χ1) is 11.9. The first kappa shape index (κ1) is 19.0. The Morgan fingerprint density at radius 3 is 2.52 bits per heavy atom. The molecule has 130 valence electrons. The van der Waals surface area contributed by atoms with E-state index < -0.39 is 18.5 Å². The molecular formula is C18H14Cl2FNO3. The van der Waals surface area contributed by atoms with E-state index in [1.807, 2.05) is 0 Å². The van der Waals surface area contributed by atoms with Gasteiger partial charge in [-0.05, 0) is 41.5 Å². The molecule has 0 saturated heterocycles. The first-order valence-corrected chi connectivity index (χ1v) is 8.00. The maximum absolute atomic E-state index is 12.8. The lowest BCUT2D eigenvalue weighted by atomic mass is 10.2. The number of esters is 1. The highest BCUT2D eigenvalue weighted by Crippen LogP contribution is 2.20. The fourth-order valence-corrected chi connectivity index (χ4v) is 2.31. The number of carbonyl (C=O) groups is 2. The Morgan fingerprint density at radius 1 is 1.12 bits per heavy atom. The highest BCUT2D eigenvalue weighted by Gasteiger charge is 2.07. The van der Waals surface area contributed by atoms with Crippen LogP contribution in [0.15, 0.2) is 48.5 Å². The third kappa shape index (κ3) is 6.57. The number of halogens is 3. The largest absolute Gasteiger partial charge is 0.452 e. The van der Waals surface area contributed by atoms with Gasteiger partial charge in [0.05, 0.1) is 0 Å². The quantitative estimate of drug-likeness (QED) is 0.607. The molecule has 2 aromatic rings. The van der Waals surface area contributed by atoms with Crippen LogP contribution in [-0.4, -0.2) is 18.5 Å². The molecular weight excluding hydrogens is 368 g/mol. The SMILES string of the molecule is O=C(COC(=O)/C=C/c1ccc(F)cc1)NCc1ccc(Cl)cc1Cl. The molecule has 0 aliphatic rings. The monoisotopic (exact) mass is 381 g/mol. The molecule has 0 aliphatic carbocycles. The minimum atomic E-state index is -0.677. The summed E-state index contributed by atoms with van der Waals surface area (Å²) in [6.45, 7) is -0.227. The topological polar surface area (TPSA) is 55.4 Å². The fraction of sp³-hybridized carbons (Fsp3) is 0.111. The molecule has 7 heteroatoms. The van der Waals surface area contributed by atoms with Crippen molar-refractivity contribution in [3.63, 3.8) is 0 Å². The Balaban J connectivity index is 1.75. The molecule has 0 fully saturated rings. The summed E-state index contributed by atoms with van der Waals surface area (Å²) in [7, 11) is 0. The van der Waals surface area contributed by atoms with E-state index in [4.69, 9.17) is 27.9 Å². The summed E-state index contributed by atoms with van der Waals surface area (Å²) >= 11 is 11.8. The second kappa shape index (κ2) is 9.20. The lowest BCUT2D eigenvalue weighted by molar-refractivity contribution is -0.143. The summed E-state index contributed by atoms with van der Waals surface area (Å²) in [5.41, 5.74) is 1.34. The Bertz CT molecular complexity index is 791. The van der Waals surface area contributed by atoms with E-state index in [0.717, 1.165) is 6.08 Å². The van der Waals surface area contributed by atoms with Crippen LogP contribution in [0.2, 0.25) is 10.0 Å². The zero-order valence-electron chi connectivity index (χ0n) is 13.0. The van der Waals surface area contributed by atoms with E-state index in [2.05, 4.69) is 5.32 Å². The van der Waals surface area contributed by atoms with Gasteiger partial charge in [-0.3, -0.25) is 4.79 Å². The molecule has 2 aromatic carbocycles. The zero-order valence-corrected chi connectivity index (χ0v) is 14.5. The molecule has 0 saturated carbocycles. The van der Waals surface area contributed by atoms with E-state index in [1.54, 1.807) is 18.2 Å². The number of amides is 1. The van der Waals surface area contributed by atoms with Crippen molar-refractivity contribution in [1.29, 1.82) is 0 Å². The van der Waals surface area contributed by atoms with Crippen LogP contribution in [0.5, 0.6) is 0 Å². The van der Waals surface area contributed by atoms with Gasteiger partial charge in [0.1, 0.15) is 5.82 Å². The smallest absolute Gasteiger partial charge is 0.331 e. The van der Waals surface area contributed by atoms with E-state index in [-0.39, 0.29) is 12.4 Å². The summed E-state index contributed by atoms with van der Waals surface area (Å²) < 4.78 is 17.6. The van der Waals surface area contributed by atoms with Crippen molar-refractivity contribution >= 4 is 41.2 Å². The van der Waals surface area contributed by atoms with E-state index in [9.17, 15) is 14.0 Å². The number of carbonyl (C=O) groups excluding carboxylic acids is 2. The number of nitrogens with one attached hydrogen (secondary N) is 1. The van der Waals surface area contributed by atoms with Crippen molar-refractivity contribution in [2.45, 2.75) is 6.54 Å². The normalized spacial score (nSPS) is 10.7. The summed E-state index contributed by atoms with van der Waals surface area (Å²) in [5, 5.41) is 3.52. The van der Waals surface area contributed by atoms with Gasteiger partial charge in [-0.2, -0.15) is 0 Å². The number of rotatable bonds is 6. The lowest BCUT2D eigenvalue weighted by Gasteiger charge is -2.07. The molecule has 0 atom stereocenters. The first-order valence-electron chi connectivity index (χ1n) is 7.25. The van der Waals surface area contributed by atoms with Crippen LogP contribution in [-0.2, 0) is 20.9 Å². The number of hydrogen-bond acceptors (Lipinski definition) is 3. The van der Waals surface area contributed by atoms with Crippen molar-refractivity contribution in [2.75, 3.05) is 6.61 Å². The fourth-order valence-electron chi connectivity index (χ4n) is 1.83. The van der Waals surface area contributed by atoms with Crippen LogP contribution in [0.3, 0.4) is 0 Å². The second-order valence-electron chi connectivity index (χ2n) is 5.01. The standard InChI is InChI=1S/C18H14Cl2FNO3/c19-14-5-4-13(16(20)9-14)10-22-17(23)11-25-18(24)8-3-12-1-6-15(21)7-2-12/h1-9H,10-11H2,(H,22,23)/b8-3+. The summed E-state index contributed by atoms with van der Waals surface area (Å²) in [4.78, 5) is 23.2. The van der Waals surface area contributed by atoms with E-state index in [0.29, 0.717) is 21.2 Å². The third-order valence-corrected chi connectivity index (χ3v) is 3.71. The van der Waals surface area contributed by atoms with Gasteiger partial charge < -0.3 is 10.1 Å². The average Bonchev–Trinajstić information content (AvgIpc) is 2.58. The lowest BCUT2D eigenvalue weighted by Crippen LogP contribution is -2.28. The molecule has 4 nitrogen and oxygen atoms in total. The molecule has 0 aromatic heterocycles. The molecule has 2 rings (SSSR count). The van der Waals surface area contributed by atoms with E-state index >= 15 is 0 Å². The summed E-state index contributed by atoms with van der Waals surface area (Å²) in [6, 6.07) is 10.5. The van der Waals surface area contributed by atoms with Gasteiger partial charge in [0.25, 0.3) is 5.91 Å². The molecule has 1 N–H and O–H groups in total. The van der Waals surface area contributed by atoms with Gasteiger partial charge in [0.2, 0.25) is 0 Å². The summed E-state index contributed by atoms with van der Waals surface area (Å²) in [5.74, 6) is -1.50. The zero-order chi connectivity index (χ0) is 18.2. The van der Waals surface area contributed by atoms with Gasteiger partial charge >= 0.3 is 5.97 Å². The number of hydrogen-bond donors (Lipinski definition) is 1. The Morgan fingerprint density at radius 2 is 1.84 bits per heavy atom.